The number of hydrogen-bond acceptors (Lipinski definition) is 6. The highest BCUT2D eigenvalue weighted by Crippen LogP contribution is 2.35. The van der Waals surface area contributed by atoms with Gasteiger partial charge in [0.2, 0.25) is 0 Å². The Balaban J connectivity index is 2.39. The van der Waals surface area contributed by atoms with Crippen LogP contribution in [0.3, 0.4) is 0 Å². The molecule has 0 atom stereocenters. The van der Waals surface area contributed by atoms with Crippen molar-refractivity contribution in [3.05, 3.63) is 65.7 Å². The van der Waals surface area contributed by atoms with Gasteiger partial charge in [-0.25, -0.2) is 9.59 Å². The smallest absolute Gasteiger partial charge is 0.337 e. The lowest BCUT2D eigenvalue weighted by Gasteiger charge is -2.13. The monoisotopic (exact) mass is 400 g/mol. The normalized spacial score (nSPS) is 11.2. The molecule has 0 aliphatic heterocycles. The highest BCUT2D eigenvalue weighted by Gasteiger charge is 2.22. The van der Waals surface area contributed by atoms with Gasteiger partial charge in [0, 0.05) is 10.9 Å². The number of rotatable bonds is 4. The van der Waals surface area contributed by atoms with Crippen molar-refractivity contribution in [1.29, 1.82) is 0 Å². The Morgan fingerprint density at radius 3 is 1.96 bits per heavy atom. The van der Waals surface area contributed by atoms with Crippen LogP contribution in [0.1, 0.15) is 20.7 Å². The zero-order valence-corrected chi connectivity index (χ0v) is 15.8. The third kappa shape index (κ3) is 3.60. The molecule has 0 saturated heterocycles. The maximum absolute atomic E-state index is 12.2. The van der Waals surface area contributed by atoms with Gasteiger partial charge in [-0.3, -0.25) is 4.55 Å². The van der Waals surface area contributed by atoms with E-state index in [1.807, 2.05) is 0 Å². The molecule has 0 aliphatic carbocycles. The van der Waals surface area contributed by atoms with E-state index in [2.05, 4.69) is 0 Å². The average molecular weight is 400 g/mol. The molecule has 1 N–H and O–H groups in total. The van der Waals surface area contributed by atoms with E-state index in [0.29, 0.717) is 10.8 Å². The van der Waals surface area contributed by atoms with E-state index in [9.17, 15) is 22.6 Å². The minimum absolute atomic E-state index is 0.0369. The van der Waals surface area contributed by atoms with E-state index in [4.69, 9.17) is 9.47 Å². The number of benzene rings is 3. The first kappa shape index (κ1) is 19.5. The third-order valence-corrected chi connectivity index (χ3v) is 5.18. The fourth-order valence-electron chi connectivity index (χ4n) is 3.00. The van der Waals surface area contributed by atoms with E-state index in [1.165, 1.54) is 38.5 Å². The summed E-state index contributed by atoms with van der Waals surface area (Å²) >= 11 is 0. The predicted octanol–water partition coefficient (Wildman–Crippen LogP) is 3.33. The van der Waals surface area contributed by atoms with Crippen molar-refractivity contribution in [1.82, 2.24) is 0 Å². The zero-order chi connectivity index (χ0) is 20.5. The lowest BCUT2D eigenvalue weighted by molar-refractivity contribution is 0.0599. The van der Waals surface area contributed by atoms with E-state index in [-0.39, 0.29) is 27.1 Å². The Morgan fingerprint density at radius 2 is 1.43 bits per heavy atom. The standard InChI is InChI=1S/C20H16O7S/c1-26-19(21)14-9-13(10-15(11-14)20(22)27-2)17-8-7-12-5-3-4-6-16(12)18(17)28(23,24)25/h3-11H,1-2H3,(H,23,24,25). The predicted molar refractivity (Wildman–Crippen MR) is 102 cm³/mol. The Hall–Kier alpha value is -3.23. The maximum atomic E-state index is 12.2. The van der Waals surface area contributed by atoms with Crippen molar-refractivity contribution in [2.75, 3.05) is 14.2 Å². The number of carbonyl (C=O) groups is 2. The number of carbonyl (C=O) groups excluding carboxylic acids is 2. The lowest BCUT2D eigenvalue weighted by Crippen LogP contribution is -2.08. The summed E-state index contributed by atoms with van der Waals surface area (Å²) in [6.45, 7) is 0. The van der Waals surface area contributed by atoms with Crippen LogP contribution in [0.25, 0.3) is 21.9 Å². The van der Waals surface area contributed by atoms with Gasteiger partial charge in [-0.1, -0.05) is 36.4 Å². The molecule has 0 amide bonds. The summed E-state index contributed by atoms with van der Waals surface area (Å²) in [5.41, 5.74) is 0.448. The second-order valence-corrected chi connectivity index (χ2v) is 7.28. The van der Waals surface area contributed by atoms with Crippen molar-refractivity contribution in [3.8, 4) is 11.1 Å². The molecule has 0 radical (unpaired) electrons. The van der Waals surface area contributed by atoms with Gasteiger partial charge in [0.25, 0.3) is 10.1 Å². The molecule has 144 valence electrons. The Morgan fingerprint density at radius 1 is 0.857 bits per heavy atom. The average Bonchev–Trinajstić information content (AvgIpc) is 2.70. The topological polar surface area (TPSA) is 107 Å². The molecule has 0 saturated carbocycles. The van der Waals surface area contributed by atoms with Crippen molar-refractivity contribution >= 4 is 32.8 Å². The fourth-order valence-corrected chi connectivity index (χ4v) is 3.93. The number of methoxy groups -OCH3 is 2. The van der Waals surface area contributed by atoms with Crippen LogP contribution in [0.4, 0.5) is 0 Å². The molecule has 0 spiro atoms. The van der Waals surface area contributed by atoms with Crippen LogP contribution >= 0.6 is 0 Å². The summed E-state index contributed by atoms with van der Waals surface area (Å²) in [5, 5.41) is 0.918. The van der Waals surface area contributed by atoms with Crippen molar-refractivity contribution in [2.45, 2.75) is 4.90 Å². The molecule has 0 fully saturated rings. The van der Waals surface area contributed by atoms with Gasteiger partial charge >= 0.3 is 11.9 Å². The number of hydrogen-bond donors (Lipinski definition) is 1. The molecule has 8 heteroatoms. The maximum Gasteiger partial charge on any atom is 0.337 e. The SMILES string of the molecule is COC(=O)c1cc(C(=O)OC)cc(-c2ccc3ccccc3c2S(=O)(=O)O)c1. The highest BCUT2D eigenvalue weighted by atomic mass is 32.2. The second kappa shape index (κ2) is 7.41. The fraction of sp³-hybridized carbons (Fsp3) is 0.100. The van der Waals surface area contributed by atoms with E-state index < -0.39 is 22.1 Å². The first-order valence-electron chi connectivity index (χ1n) is 8.07. The van der Waals surface area contributed by atoms with Crippen LogP contribution in [0.15, 0.2) is 59.5 Å². The quantitative estimate of drug-likeness (QED) is 0.529. The largest absolute Gasteiger partial charge is 0.465 e. The first-order valence-corrected chi connectivity index (χ1v) is 9.51. The molecule has 3 rings (SSSR count). The lowest BCUT2D eigenvalue weighted by atomic mass is 9.97. The molecule has 0 unspecified atom stereocenters. The van der Waals surface area contributed by atoms with Crippen LogP contribution in [0.5, 0.6) is 0 Å². The minimum Gasteiger partial charge on any atom is -0.465 e. The Kier molecular flexibility index (Phi) is 5.17. The van der Waals surface area contributed by atoms with Crippen LogP contribution in [0, 0.1) is 0 Å². The molecule has 28 heavy (non-hydrogen) atoms. The van der Waals surface area contributed by atoms with Crippen LogP contribution in [-0.4, -0.2) is 39.1 Å². The second-order valence-electron chi connectivity index (χ2n) is 5.92. The third-order valence-electron chi connectivity index (χ3n) is 4.22. The molecule has 0 heterocycles. The molecule has 0 aromatic heterocycles. The Labute approximate surface area is 161 Å². The van der Waals surface area contributed by atoms with Gasteiger partial charge in [0.1, 0.15) is 4.90 Å². The number of ether oxygens (including phenoxy) is 2. The minimum atomic E-state index is -4.62. The first-order chi connectivity index (χ1) is 13.3. The van der Waals surface area contributed by atoms with Gasteiger partial charge in [-0.05, 0) is 29.1 Å². The molecule has 0 aliphatic rings. The van der Waals surface area contributed by atoms with Gasteiger partial charge in [-0.2, -0.15) is 8.42 Å². The number of fused-ring (bicyclic) bond motifs is 1. The van der Waals surface area contributed by atoms with Crippen molar-refractivity contribution in [2.24, 2.45) is 0 Å². The summed E-state index contributed by atoms with van der Waals surface area (Å²) in [7, 11) is -2.24. The van der Waals surface area contributed by atoms with Crippen LogP contribution in [0.2, 0.25) is 0 Å². The van der Waals surface area contributed by atoms with Gasteiger partial charge in [0.05, 0.1) is 25.3 Å². The van der Waals surface area contributed by atoms with Crippen LogP contribution in [-0.2, 0) is 19.6 Å². The molecule has 0 bridgehead atoms. The van der Waals surface area contributed by atoms with Gasteiger partial charge in [-0.15, -0.1) is 0 Å². The van der Waals surface area contributed by atoms with Gasteiger partial charge < -0.3 is 9.47 Å². The number of esters is 2. The zero-order valence-electron chi connectivity index (χ0n) is 15.0. The summed E-state index contributed by atoms with van der Waals surface area (Å²) in [6, 6.07) is 13.9. The Bertz CT molecular complexity index is 1160. The van der Waals surface area contributed by atoms with E-state index in [0.717, 1.165) is 0 Å². The molecule has 3 aromatic rings. The molecule has 7 nitrogen and oxygen atoms in total. The molecular weight excluding hydrogens is 384 g/mol. The van der Waals surface area contributed by atoms with E-state index >= 15 is 0 Å². The van der Waals surface area contributed by atoms with Crippen molar-refractivity contribution in [3.63, 3.8) is 0 Å². The summed E-state index contributed by atoms with van der Waals surface area (Å²) in [6.07, 6.45) is 0. The molecule has 3 aromatic carbocycles. The summed E-state index contributed by atoms with van der Waals surface area (Å²) < 4.78 is 43.6. The summed E-state index contributed by atoms with van der Waals surface area (Å²) in [4.78, 5) is 23.7. The summed E-state index contributed by atoms with van der Waals surface area (Å²) in [5.74, 6) is -1.41. The van der Waals surface area contributed by atoms with E-state index in [1.54, 1.807) is 30.3 Å². The van der Waals surface area contributed by atoms with Crippen LogP contribution < -0.4 is 0 Å². The molecular formula is C20H16O7S. The van der Waals surface area contributed by atoms with Gasteiger partial charge in [0.15, 0.2) is 0 Å². The highest BCUT2D eigenvalue weighted by molar-refractivity contribution is 7.86. The van der Waals surface area contributed by atoms with Crippen molar-refractivity contribution < 1.29 is 32.0 Å².